The number of amides is 2. The molecule has 2 aliphatic heterocycles. The lowest BCUT2D eigenvalue weighted by Crippen LogP contribution is -2.58. The molecule has 0 spiro atoms. The Hall–Kier alpha value is -0.900. The lowest BCUT2D eigenvalue weighted by molar-refractivity contribution is -0.140. The maximum atomic E-state index is 11.8. The van der Waals surface area contributed by atoms with E-state index in [1.54, 1.807) is 0 Å². The predicted octanol–water partition coefficient (Wildman–Crippen LogP) is 6.32. The van der Waals surface area contributed by atoms with Crippen LogP contribution in [0.15, 0.2) is 0 Å². The first-order chi connectivity index (χ1) is 14.0. The van der Waals surface area contributed by atoms with Crippen LogP contribution in [0.5, 0.6) is 0 Å². The largest absolute Gasteiger partial charge is 0.296 e. The first-order valence-electron chi connectivity index (χ1n) is 12.6. The fourth-order valence-electron chi connectivity index (χ4n) is 5.93. The van der Waals surface area contributed by atoms with E-state index < -0.39 is 0 Å². The van der Waals surface area contributed by atoms with E-state index in [2.05, 4.69) is 39.6 Å². The topological polar surface area (TPSA) is 40.6 Å². The van der Waals surface area contributed by atoms with Gasteiger partial charge in [0.1, 0.15) is 0 Å². The van der Waals surface area contributed by atoms with Crippen LogP contribution in [0.25, 0.3) is 0 Å². The van der Waals surface area contributed by atoms with Gasteiger partial charge in [-0.3, -0.25) is 19.4 Å². The Morgan fingerprint density at radius 2 is 1.23 bits per heavy atom. The number of imide groups is 1. The third-order valence-corrected chi connectivity index (χ3v) is 7.91. The van der Waals surface area contributed by atoms with Gasteiger partial charge in [0.25, 0.3) is 0 Å². The van der Waals surface area contributed by atoms with Crippen LogP contribution in [0.1, 0.15) is 125 Å². The minimum atomic E-state index is 0.0277. The highest BCUT2D eigenvalue weighted by atomic mass is 16.2. The van der Waals surface area contributed by atoms with Gasteiger partial charge >= 0.3 is 0 Å². The number of hydrogen-bond acceptors (Lipinski definition) is 3. The van der Waals surface area contributed by atoms with Crippen molar-refractivity contribution in [2.24, 2.45) is 5.92 Å². The van der Waals surface area contributed by atoms with Crippen LogP contribution in [0.3, 0.4) is 0 Å². The lowest BCUT2D eigenvalue weighted by atomic mass is 9.72. The second-order valence-corrected chi connectivity index (χ2v) is 11.4. The van der Waals surface area contributed by atoms with Crippen molar-refractivity contribution in [3.8, 4) is 0 Å². The van der Waals surface area contributed by atoms with Gasteiger partial charge in [0.05, 0.1) is 0 Å². The molecule has 2 aliphatic rings. The Morgan fingerprint density at radius 1 is 0.800 bits per heavy atom. The van der Waals surface area contributed by atoms with Crippen molar-refractivity contribution in [1.82, 2.24) is 9.80 Å². The Kier molecular flexibility index (Phi) is 9.39. The molecule has 0 radical (unpaired) electrons. The van der Waals surface area contributed by atoms with E-state index >= 15 is 0 Å². The van der Waals surface area contributed by atoms with Crippen LogP contribution in [-0.4, -0.2) is 45.8 Å². The first kappa shape index (κ1) is 25.4. The number of likely N-dealkylation sites (tertiary alicyclic amines) is 2. The van der Waals surface area contributed by atoms with Gasteiger partial charge in [0.2, 0.25) is 11.8 Å². The molecular formula is C26H48N2O2. The summed E-state index contributed by atoms with van der Waals surface area (Å²) < 4.78 is 0. The van der Waals surface area contributed by atoms with Gasteiger partial charge in [-0.15, -0.1) is 0 Å². The minimum Gasteiger partial charge on any atom is -0.296 e. The van der Waals surface area contributed by atoms with Crippen LogP contribution < -0.4 is 0 Å². The Bertz CT molecular complexity index is 535. The van der Waals surface area contributed by atoms with E-state index in [4.69, 9.17) is 0 Å². The molecular weight excluding hydrogens is 372 g/mol. The summed E-state index contributed by atoms with van der Waals surface area (Å²) in [7, 11) is 2.29. The van der Waals surface area contributed by atoms with Crippen LogP contribution >= 0.6 is 0 Å². The number of hydrogen-bond donors (Lipinski definition) is 0. The summed E-state index contributed by atoms with van der Waals surface area (Å²) in [5.74, 6) is 0.933. The molecule has 0 aromatic rings. The second-order valence-electron chi connectivity index (χ2n) is 11.4. The zero-order valence-corrected chi connectivity index (χ0v) is 20.8. The second kappa shape index (κ2) is 11.1. The highest BCUT2D eigenvalue weighted by molar-refractivity contribution is 6.02. The molecule has 174 valence electrons. The number of carbonyl (C=O) groups is 2. The number of unbranched alkanes of at least 4 members (excludes halogenated alkanes) is 7. The van der Waals surface area contributed by atoms with Crippen molar-refractivity contribution in [2.45, 2.75) is 142 Å². The third kappa shape index (κ3) is 7.07. The Morgan fingerprint density at radius 3 is 1.73 bits per heavy atom. The molecule has 2 amide bonds. The molecule has 30 heavy (non-hydrogen) atoms. The molecule has 1 unspecified atom stereocenters. The van der Waals surface area contributed by atoms with Crippen molar-refractivity contribution >= 4 is 11.8 Å². The quantitative estimate of drug-likeness (QED) is 0.274. The molecule has 4 nitrogen and oxygen atoms in total. The molecule has 0 aromatic carbocycles. The zero-order chi connectivity index (χ0) is 22.4. The number of piperidine rings is 1. The number of carbonyl (C=O) groups excluding carboxylic acids is 2. The van der Waals surface area contributed by atoms with Gasteiger partial charge in [-0.05, 0) is 66.8 Å². The normalized spacial score (nSPS) is 23.3. The maximum Gasteiger partial charge on any atom is 0.229 e. The fourth-order valence-corrected chi connectivity index (χ4v) is 5.93. The third-order valence-electron chi connectivity index (χ3n) is 7.91. The van der Waals surface area contributed by atoms with Crippen molar-refractivity contribution < 1.29 is 9.59 Å². The monoisotopic (exact) mass is 420 g/mol. The van der Waals surface area contributed by atoms with Crippen LogP contribution in [0.2, 0.25) is 0 Å². The molecule has 2 saturated heterocycles. The molecule has 2 rings (SSSR count). The van der Waals surface area contributed by atoms with Crippen molar-refractivity contribution in [3.63, 3.8) is 0 Å². The van der Waals surface area contributed by atoms with Gasteiger partial charge in [0.15, 0.2) is 0 Å². The van der Waals surface area contributed by atoms with Gasteiger partial charge < -0.3 is 0 Å². The molecule has 4 heteroatoms. The van der Waals surface area contributed by atoms with Crippen LogP contribution in [0, 0.1) is 5.92 Å². The van der Waals surface area contributed by atoms with E-state index in [0.29, 0.717) is 23.9 Å². The van der Waals surface area contributed by atoms with E-state index in [0.717, 1.165) is 18.8 Å². The molecule has 1 atom stereocenters. The summed E-state index contributed by atoms with van der Waals surface area (Å²) in [6, 6.07) is 0.0852. The molecule has 0 aliphatic carbocycles. The number of nitrogens with zero attached hydrogens (tertiary/aromatic N) is 2. The summed E-state index contributed by atoms with van der Waals surface area (Å²) in [5.41, 5.74) is 0.637. The first-order valence-corrected chi connectivity index (χ1v) is 12.6. The fraction of sp³-hybridized carbons (Fsp3) is 0.923. The Labute approximate surface area is 186 Å². The maximum absolute atomic E-state index is 11.8. The molecule has 0 saturated carbocycles. The van der Waals surface area contributed by atoms with E-state index in [1.165, 1.54) is 69.1 Å². The molecule has 0 N–H and O–H groups in total. The standard InChI is InChI=1S/C26H48N2O2/c1-21(28-23(29)17-18-24(28)30)15-13-11-9-7-8-10-12-14-16-22-19-25(2,3)27(6)26(4,5)20-22/h21-22H,7-20H2,1-6H3. The van der Waals surface area contributed by atoms with Crippen LogP contribution in [0.4, 0.5) is 0 Å². The van der Waals surface area contributed by atoms with Gasteiger partial charge in [0, 0.05) is 30.0 Å². The summed E-state index contributed by atoms with van der Waals surface area (Å²) in [6.07, 6.45) is 16.3. The average molecular weight is 421 g/mol. The van der Waals surface area contributed by atoms with Gasteiger partial charge in [-0.2, -0.15) is 0 Å². The molecule has 0 bridgehead atoms. The van der Waals surface area contributed by atoms with Crippen LogP contribution in [-0.2, 0) is 9.59 Å². The van der Waals surface area contributed by atoms with Crippen molar-refractivity contribution in [3.05, 3.63) is 0 Å². The lowest BCUT2D eigenvalue weighted by Gasteiger charge is -2.54. The van der Waals surface area contributed by atoms with Crippen molar-refractivity contribution in [2.75, 3.05) is 7.05 Å². The summed E-state index contributed by atoms with van der Waals surface area (Å²) in [5, 5.41) is 0. The zero-order valence-electron chi connectivity index (χ0n) is 20.8. The smallest absolute Gasteiger partial charge is 0.229 e. The Balaban J connectivity index is 1.47. The van der Waals surface area contributed by atoms with Gasteiger partial charge in [-0.25, -0.2) is 0 Å². The van der Waals surface area contributed by atoms with Gasteiger partial charge in [-0.1, -0.05) is 57.8 Å². The summed E-state index contributed by atoms with van der Waals surface area (Å²) in [4.78, 5) is 27.6. The molecule has 0 aromatic heterocycles. The summed E-state index contributed by atoms with van der Waals surface area (Å²) in [6.45, 7) is 11.6. The van der Waals surface area contributed by atoms with E-state index in [1.807, 2.05) is 6.92 Å². The summed E-state index contributed by atoms with van der Waals surface area (Å²) >= 11 is 0. The molecule has 2 fully saturated rings. The minimum absolute atomic E-state index is 0.0277. The highest BCUT2D eigenvalue weighted by Crippen LogP contribution is 2.41. The SMILES string of the molecule is CC(CCCCCCCCCCC1CC(C)(C)N(C)C(C)(C)C1)N1C(=O)CCC1=O. The van der Waals surface area contributed by atoms with E-state index in [-0.39, 0.29) is 17.9 Å². The van der Waals surface area contributed by atoms with E-state index in [9.17, 15) is 9.59 Å². The number of rotatable bonds is 12. The van der Waals surface area contributed by atoms with Crippen molar-refractivity contribution in [1.29, 1.82) is 0 Å². The average Bonchev–Trinajstić information content (AvgIpc) is 2.99. The molecule has 2 heterocycles. The predicted molar refractivity (Wildman–Crippen MR) is 125 cm³/mol. The highest BCUT2D eigenvalue weighted by Gasteiger charge is 2.42.